The Morgan fingerprint density at radius 1 is 1.03 bits per heavy atom. The van der Waals surface area contributed by atoms with Crippen molar-refractivity contribution in [2.75, 3.05) is 0 Å². The maximum absolute atomic E-state index is 11.5. The second-order valence-corrected chi connectivity index (χ2v) is 12.7. The molecule has 2 nitrogen and oxygen atoms in total. The quantitative estimate of drug-likeness (QED) is 0.442. The van der Waals surface area contributed by atoms with Crippen LogP contribution in [0.15, 0.2) is 11.6 Å². The molecule has 0 aromatic carbocycles. The second kappa shape index (κ2) is 8.79. The van der Waals surface area contributed by atoms with Crippen molar-refractivity contribution in [1.82, 2.24) is 0 Å². The van der Waals surface area contributed by atoms with Gasteiger partial charge < -0.3 is 10.2 Å². The Morgan fingerprint density at radius 2 is 1.77 bits per heavy atom. The molecule has 4 aliphatic rings. The highest BCUT2D eigenvalue weighted by atomic mass is 16.3. The number of hydrogen-bond acceptors (Lipinski definition) is 2. The standard InChI is InChI=1S/C29H50O2/c1-7-20(18(2)3)9-8-19(4)23-10-11-24-27-25(13-15-29(23,24)6)28(5)14-12-22(30)16-21(28)17-26(27)31/h17-20,22-27,30-31H,7-16H2,1-6H3/t19-,20-,22+,23-,24+,25+,26+,27+,28+,29-/m1/s1/i22T,26T. The first-order chi connectivity index (χ1) is 15.2. The highest BCUT2D eigenvalue weighted by Gasteiger charge is 2.61. The maximum atomic E-state index is 11.5. The van der Waals surface area contributed by atoms with E-state index >= 15 is 0 Å². The van der Waals surface area contributed by atoms with Crippen molar-refractivity contribution in [3.8, 4) is 0 Å². The Hall–Kier alpha value is -0.340. The van der Waals surface area contributed by atoms with Crippen LogP contribution in [0.2, 0.25) is 0 Å². The number of hydrogen-bond donors (Lipinski definition) is 2. The summed E-state index contributed by atoms with van der Waals surface area (Å²) in [7, 11) is 0. The van der Waals surface area contributed by atoms with Gasteiger partial charge in [0.2, 0.25) is 0 Å². The van der Waals surface area contributed by atoms with Crippen molar-refractivity contribution < 1.29 is 13.0 Å². The van der Waals surface area contributed by atoms with E-state index in [1.807, 2.05) is 0 Å². The molecule has 0 saturated heterocycles. The molecule has 4 rings (SSSR count). The van der Waals surface area contributed by atoms with E-state index in [0.717, 1.165) is 36.7 Å². The molecular formula is C29H50O2. The smallest absolute Gasteiger partial charge is 0.0757 e. The first kappa shape index (κ1) is 21.2. The fourth-order valence-corrected chi connectivity index (χ4v) is 8.92. The molecule has 0 bridgehead atoms. The third kappa shape index (κ3) is 3.96. The zero-order valence-electron chi connectivity index (χ0n) is 23.1. The first-order valence-corrected chi connectivity index (χ1v) is 13.4. The molecule has 0 aliphatic heterocycles. The van der Waals surface area contributed by atoms with Gasteiger partial charge in [-0.1, -0.05) is 66.0 Å². The molecule has 0 spiro atoms. The minimum absolute atomic E-state index is 0.0295. The molecule has 10 atom stereocenters. The Morgan fingerprint density at radius 3 is 2.45 bits per heavy atom. The van der Waals surface area contributed by atoms with E-state index in [2.05, 4.69) is 41.5 Å². The summed E-state index contributed by atoms with van der Waals surface area (Å²) >= 11 is 0. The molecule has 0 radical (unpaired) electrons. The van der Waals surface area contributed by atoms with Gasteiger partial charge in [-0.05, 0) is 104 Å². The van der Waals surface area contributed by atoms with Crippen LogP contribution >= 0.6 is 0 Å². The summed E-state index contributed by atoms with van der Waals surface area (Å²) in [5.41, 5.74) is 1.10. The molecular weight excluding hydrogens is 380 g/mol. The highest BCUT2D eigenvalue weighted by molar-refractivity contribution is 5.27. The zero-order valence-corrected chi connectivity index (χ0v) is 21.1. The number of fused-ring (bicyclic) bond motifs is 5. The molecule has 0 aromatic rings. The average Bonchev–Trinajstić information content (AvgIpc) is 3.06. The summed E-state index contributed by atoms with van der Waals surface area (Å²) in [6.45, 7) is 14.3. The maximum Gasteiger partial charge on any atom is 0.0757 e. The fourth-order valence-electron chi connectivity index (χ4n) is 8.92. The van der Waals surface area contributed by atoms with Gasteiger partial charge in [0.05, 0.1) is 14.9 Å². The molecule has 2 heteroatoms. The van der Waals surface area contributed by atoms with Crippen LogP contribution in [0.3, 0.4) is 0 Å². The normalized spacial score (nSPS) is 52.4. The van der Waals surface area contributed by atoms with Gasteiger partial charge in [-0.15, -0.1) is 0 Å². The first-order valence-electron chi connectivity index (χ1n) is 14.4. The van der Waals surface area contributed by atoms with E-state index in [1.165, 1.54) is 32.1 Å². The van der Waals surface area contributed by atoms with Gasteiger partial charge in [0.25, 0.3) is 0 Å². The van der Waals surface area contributed by atoms with Gasteiger partial charge in [-0.3, -0.25) is 0 Å². The summed E-state index contributed by atoms with van der Waals surface area (Å²) in [6.07, 6.45) is 8.84. The zero-order chi connectivity index (χ0) is 24.4. The average molecular weight is 435 g/mol. The Balaban J connectivity index is 1.57. The van der Waals surface area contributed by atoms with Gasteiger partial charge in [-0.25, -0.2) is 0 Å². The van der Waals surface area contributed by atoms with Crippen molar-refractivity contribution in [2.24, 2.45) is 52.3 Å². The molecule has 0 amide bonds. The van der Waals surface area contributed by atoms with Gasteiger partial charge in [0.15, 0.2) is 0 Å². The molecule has 0 heterocycles. The van der Waals surface area contributed by atoms with Crippen LogP contribution in [-0.4, -0.2) is 22.4 Å². The van der Waals surface area contributed by atoms with Gasteiger partial charge in [0.1, 0.15) is 0 Å². The summed E-state index contributed by atoms with van der Waals surface area (Å²) in [5, 5.41) is 21.9. The van der Waals surface area contributed by atoms with Crippen molar-refractivity contribution in [2.45, 2.75) is 118 Å². The Labute approximate surface area is 195 Å². The third-order valence-electron chi connectivity index (χ3n) is 11.0. The van der Waals surface area contributed by atoms with Crippen molar-refractivity contribution in [3.63, 3.8) is 0 Å². The predicted molar refractivity (Wildman–Crippen MR) is 130 cm³/mol. The highest BCUT2D eigenvalue weighted by Crippen LogP contribution is 2.67. The Kier molecular flexibility index (Phi) is 6.01. The van der Waals surface area contributed by atoms with E-state index in [9.17, 15) is 10.2 Å². The van der Waals surface area contributed by atoms with Crippen molar-refractivity contribution >= 4 is 0 Å². The van der Waals surface area contributed by atoms with E-state index < -0.39 is 12.2 Å². The second-order valence-electron chi connectivity index (χ2n) is 12.7. The lowest BCUT2D eigenvalue weighted by atomic mass is 9.46. The van der Waals surface area contributed by atoms with Gasteiger partial charge in [0, 0.05) is 0 Å². The monoisotopic (exact) mass is 434 g/mol. The number of rotatable bonds is 6. The molecule has 178 valence electrons. The lowest BCUT2D eigenvalue weighted by molar-refractivity contribution is -0.0972. The molecule has 0 unspecified atom stereocenters. The molecule has 0 aromatic heterocycles. The fraction of sp³-hybridized carbons (Fsp3) is 0.931. The molecule has 3 fully saturated rings. The van der Waals surface area contributed by atoms with Crippen LogP contribution in [0.5, 0.6) is 0 Å². The minimum atomic E-state index is -1.58. The molecule has 4 aliphatic carbocycles. The van der Waals surface area contributed by atoms with E-state index in [0.29, 0.717) is 24.2 Å². The minimum Gasteiger partial charge on any atom is -0.393 e. The van der Waals surface area contributed by atoms with Crippen LogP contribution in [0, 0.1) is 52.3 Å². The molecule has 3 saturated carbocycles. The van der Waals surface area contributed by atoms with Gasteiger partial charge >= 0.3 is 0 Å². The van der Waals surface area contributed by atoms with Crippen LogP contribution in [-0.2, 0) is 0 Å². The SMILES string of the molecule is [3H][C@]1(O)CC[C@@]2(C)C(=C[C@]([3H])(O)[C@H]3[C@@H]4CC[C@H]([C@H](C)CC[C@@H](CC)C(C)C)[C@@]4(C)CC[C@@H]32)C1. The predicted octanol–water partition coefficient (Wildman–Crippen LogP) is 7.00. The largest absolute Gasteiger partial charge is 0.393 e. The third-order valence-corrected chi connectivity index (χ3v) is 11.0. The van der Waals surface area contributed by atoms with E-state index in [-0.39, 0.29) is 29.1 Å². The molecule has 2 N–H and O–H groups in total. The van der Waals surface area contributed by atoms with Crippen LogP contribution in [0.4, 0.5) is 0 Å². The lowest BCUT2D eigenvalue weighted by Crippen LogP contribution is -2.54. The summed E-state index contributed by atoms with van der Waals surface area (Å²) < 4.78 is 17.2. The van der Waals surface area contributed by atoms with Crippen LogP contribution in [0.25, 0.3) is 0 Å². The van der Waals surface area contributed by atoms with Crippen molar-refractivity contribution in [3.05, 3.63) is 11.6 Å². The van der Waals surface area contributed by atoms with Crippen molar-refractivity contribution in [1.29, 1.82) is 0 Å². The number of aliphatic hydroxyl groups is 2. The lowest BCUT2D eigenvalue weighted by Gasteiger charge is -2.59. The summed E-state index contributed by atoms with van der Waals surface area (Å²) in [4.78, 5) is 0. The summed E-state index contributed by atoms with van der Waals surface area (Å²) in [5.74, 6) is 3.60. The topological polar surface area (TPSA) is 40.5 Å². The molecule has 31 heavy (non-hydrogen) atoms. The van der Waals surface area contributed by atoms with Crippen LogP contribution in [0.1, 0.15) is 108 Å². The summed E-state index contributed by atoms with van der Waals surface area (Å²) in [6, 6.07) is 0. The Bertz CT molecular complexity index is 759. The van der Waals surface area contributed by atoms with E-state index in [1.54, 1.807) is 6.08 Å². The van der Waals surface area contributed by atoms with E-state index in [4.69, 9.17) is 2.74 Å². The van der Waals surface area contributed by atoms with Crippen LogP contribution < -0.4 is 0 Å². The van der Waals surface area contributed by atoms with Gasteiger partial charge in [-0.2, -0.15) is 0 Å².